The summed E-state index contributed by atoms with van der Waals surface area (Å²) >= 11 is 0. The summed E-state index contributed by atoms with van der Waals surface area (Å²) in [6, 6.07) is 22.9. The molecule has 1 aromatic heterocycles. The maximum absolute atomic E-state index is 13.3. The predicted octanol–water partition coefficient (Wildman–Crippen LogP) is 2.47. The van der Waals surface area contributed by atoms with Crippen molar-refractivity contribution in [2.45, 2.75) is 5.66 Å². The molecule has 0 fully saturated rings. The summed E-state index contributed by atoms with van der Waals surface area (Å²) in [5.41, 5.74) is 2.50. The molecular formula is C25H17N7O2. The Balaban J connectivity index is 1.41. The van der Waals surface area contributed by atoms with Crippen molar-refractivity contribution in [1.29, 1.82) is 0 Å². The van der Waals surface area contributed by atoms with Crippen molar-refractivity contribution in [2.24, 2.45) is 20.0 Å². The molecule has 9 heteroatoms. The molecule has 4 aromatic rings. The van der Waals surface area contributed by atoms with Gasteiger partial charge in [-0.3, -0.25) is 9.69 Å². The van der Waals surface area contributed by atoms with Crippen LogP contribution in [-0.2, 0) is 10.5 Å². The van der Waals surface area contributed by atoms with E-state index in [0.717, 1.165) is 27.5 Å². The number of fused-ring (bicyclic) bond motifs is 5. The number of aromatic nitrogens is 1. The van der Waals surface area contributed by atoms with Gasteiger partial charge in [0.15, 0.2) is 5.49 Å². The molecule has 34 heavy (non-hydrogen) atoms. The number of methoxy groups -OCH3 is 1. The normalized spacial score (nSPS) is 21.0. The van der Waals surface area contributed by atoms with Gasteiger partial charge in [-0.25, -0.2) is 9.98 Å². The van der Waals surface area contributed by atoms with Crippen LogP contribution in [0.1, 0.15) is 5.56 Å². The second kappa shape index (κ2) is 6.61. The summed E-state index contributed by atoms with van der Waals surface area (Å²) in [4.78, 5) is 36.9. The number of nitrogens with zero attached hydrogens (tertiary/aromatic N) is 5. The van der Waals surface area contributed by atoms with Crippen LogP contribution in [0.25, 0.3) is 10.9 Å². The number of aromatic amines is 1. The van der Waals surface area contributed by atoms with E-state index < -0.39 is 5.66 Å². The first-order valence-corrected chi connectivity index (χ1v) is 10.8. The molecule has 3 aliphatic rings. The topological polar surface area (TPSA) is 107 Å². The third kappa shape index (κ3) is 2.35. The van der Waals surface area contributed by atoms with Crippen molar-refractivity contribution in [3.63, 3.8) is 0 Å². The minimum absolute atomic E-state index is 0.250. The Morgan fingerprint density at radius 3 is 2.68 bits per heavy atom. The smallest absolute Gasteiger partial charge is 0.278 e. The highest BCUT2D eigenvalue weighted by Crippen LogP contribution is 2.50. The van der Waals surface area contributed by atoms with E-state index in [-0.39, 0.29) is 11.9 Å². The van der Waals surface area contributed by atoms with Crippen molar-refractivity contribution in [1.82, 2.24) is 4.98 Å². The van der Waals surface area contributed by atoms with Gasteiger partial charge in [-0.05, 0) is 24.3 Å². The van der Waals surface area contributed by atoms with Gasteiger partial charge < -0.3 is 15.0 Å². The van der Waals surface area contributed by atoms with Crippen molar-refractivity contribution >= 4 is 40.1 Å². The highest BCUT2D eigenvalue weighted by Gasteiger charge is 2.60. The number of benzene rings is 3. The zero-order valence-corrected chi connectivity index (χ0v) is 18.0. The molecule has 4 heterocycles. The number of para-hydroxylation sites is 4. The van der Waals surface area contributed by atoms with Gasteiger partial charge in [0, 0.05) is 22.2 Å². The molecule has 1 atom stereocenters. The summed E-state index contributed by atoms with van der Waals surface area (Å²) in [5.74, 6) is 0.948. The summed E-state index contributed by atoms with van der Waals surface area (Å²) < 4.78 is 5.60. The predicted molar refractivity (Wildman–Crippen MR) is 128 cm³/mol. The van der Waals surface area contributed by atoms with Crippen molar-refractivity contribution in [3.05, 3.63) is 89.2 Å². The first kappa shape index (κ1) is 18.8. The molecule has 0 radical (unpaired) electrons. The lowest BCUT2D eigenvalue weighted by Crippen LogP contribution is -2.61. The number of carbonyl (C=O) groups is 1. The lowest BCUT2D eigenvalue weighted by Gasteiger charge is -2.44. The molecular weight excluding hydrogens is 430 g/mol. The largest absolute Gasteiger partial charge is 0.495 e. The van der Waals surface area contributed by atoms with Gasteiger partial charge in [-0.1, -0.05) is 48.5 Å². The Bertz CT molecular complexity index is 1720. The van der Waals surface area contributed by atoms with E-state index >= 15 is 0 Å². The Morgan fingerprint density at radius 2 is 1.76 bits per heavy atom. The van der Waals surface area contributed by atoms with Crippen LogP contribution < -0.4 is 25.8 Å². The molecule has 1 unspecified atom stereocenters. The second-order valence-corrected chi connectivity index (χ2v) is 8.09. The van der Waals surface area contributed by atoms with Crippen LogP contribution in [0, 0.1) is 0 Å². The second-order valence-electron chi connectivity index (χ2n) is 8.09. The van der Waals surface area contributed by atoms with Crippen LogP contribution in [0.5, 0.6) is 5.75 Å². The van der Waals surface area contributed by atoms with Crippen LogP contribution in [-0.4, -0.2) is 29.9 Å². The molecule has 1 spiro atoms. The average Bonchev–Trinajstić information content (AvgIpc) is 3.49. The van der Waals surface area contributed by atoms with E-state index in [2.05, 4.69) is 25.3 Å². The number of guanidine groups is 2. The summed E-state index contributed by atoms with van der Waals surface area (Å²) in [5, 5.41) is 4.67. The molecule has 0 saturated carbocycles. The van der Waals surface area contributed by atoms with Crippen molar-refractivity contribution in [2.75, 3.05) is 17.3 Å². The Hall–Kier alpha value is -4.79. The third-order valence-corrected chi connectivity index (χ3v) is 6.26. The van der Waals surface area contributed by atoms with E-state index in [9.17, 15) is 4.79 Å². The quantitative estimate of drug-likeness (QED) is 0.493. The van der Waals surface area contributed by atoms with Gasteiger partial charge in [0.05, 0.1) is 12.8 Å². The number of anilines is 2. The zero-order chi connectivity index (χ0) is 22.9. The minimum Gasteiger partial charge on any atom is -0.495 e. The first-order chi connectivity index (χ1) is 16.7. The number of hydrogen-bond acceptors (Lipinski definition) is 5. The van der Waals surface area contributed by atoms with E-state index in [0.29, 0.717) is 22.9 Å². The number of aliphatic imine (C=N–C) groups is 2. The standard InChI is InChI=1S/C25H17N7O2/c1-34-19-13-7-6-12-18(19)32-24(31-25(32)15-9-3-5-11-17(15)27-22(25)33)30-23-28-20-14-8-2-4-10-16(14)26-21(20)29-23/h2-13H,1H3,(H,27,33)(H,26,28,29,30,31). The number of H-pyrrole nitrogens is 1. The lowest BCUT2D eigenvalue weighted by molar-refractivity contribution is -0.120. The highest BCUT2D eigenvalue weighted by molar-refractivity contribution is 6.21. The van der Waals surface area contributed by atoms with Crippen LogP contribution in [0.15, 0.2) is 92.8 Å². The fourth-order valence-corrected chi connectivity index (χ4v) is 4.75. The average molecular weight is 447 g/mol. The molecule has 9 nitrogen and oxygen atoms in total. The van der Waals surface area contributed by atoms with Crippen molar-refractivity contribution < 1.29 is 9.53 Å². The van der Waals surface area contributed by atoms with E-state index in [4.69, 9.17) is 9.73 Å². The molecule has 3 aliphatic heterocycles. The van der Waals surface area contributed by atoms with Gasteiger partial charge in [-0.2, -0.15) is 9.98 Å². The van der Waals surface area contributed by atoms with Crippen LogP contribution in [0.3, 0.4) is 0 Å². The highest BCUT2D eigenvalue weighted by atomic mass is 16.5. The number of amides is 1. The minimum atomic E-state index is -1.27. The van der Waals surface area contributed by atoms with Crippen molar-refractivity contribution in [3.8, 4) is 5.75 Å². The zero-order valence-electron chi connectivity index (χ0n) is 18.0. The monoisotopic (exact) mass is 447 g/mol. The van der Waals surface area contributed by atoms with Gasteiger partial charge in [0.2, 0.25) is 11.6 Å². The van der Waals surface area contributed by atoms with Gasteiger partial charge in [0.25, 0.3) is 11.9 Å². The van der Waals surface area contributed by atoms with Crippen LogP contribution in [0.2, 0.25) is 0 Å². The number of rotatable bonds is 2. The molecule has 7 rings (SSSR count). The molecule has 3 aromatic carbocycles. The van der Waals surface area contributed by atoms with Crippen LogP contribution >= 0.6 is 0 Å². The Kier molecular flexibility index (Phi) is 3.65. The van der Waals surface area contributed by atoms with Crippen LogP contribution in [0.4, 0.5) is 11.4 Å². The molecule has 0 aliphatic carbocycles. The van der Waals surface area contributed by atoms with Gasteiger partial charge in [-0.15, -0.1) is 0 Å². The maximum atomic E-state index is 13.3. The molecule has 2 N–H and O–H groups in total. The molecule has 0 bridgehead atoms. The summed E-state index contributed by atoms with van der Waals surface area (Å²) in [6.45, 7) is 0. The van der Waals surface area contributed by atoms with Gasteiger partial charge in [0.1, 0.15) is 11.1 Å². The SMILES string of the molecule is COc1ccccc1N1C(/N=C2\N=c3[nH]c4ccccc4c3=N2)=NC12C(=O)Nc1ccccc12. The molecule has 0 saturated heterocycles. The third-order valence-electron chi connectivity index (χ3n) is 6.26. The summed E-state index contributed by atoms with van der Waals surface area (Å²) in [6.07, 6.45) is 0. The van der Waals surface area contributed by atoms with E-state index in [1.807, 2.05) is 72.8 Å². The van der Waals surface area contributed by atoms with Gasteiger partial charge >= 0.3 is 0 Å². The lowest BCUT2D eigenvalue weighted by atomic mass is 9.95. The fraction of sp³-hybridized carbons (Fsp3) is 0.0800. The number of nitrogens with one attached hydrogen (secondary N) is 2. The molecule has 1 amide bonds. The number of hydrogen-bond donors (Lipinski definition) is 2. The van der Waals surface area contributed by atoms with E-state index in [1.165, 1.54) is 0 Å². The number of carbonyl (C=O) groups excluding carboxylic acids is 1. The summed E-state index contributed by atoms with van der Waals surface area (Å²) in [7, 11) is 1.59. The number of ether oxygens (including phenoxy) is 1. The maximum Gasteiger partial charge on any atom is 0.278 e. The molecule has 164 valence electrons. The fourth-order valence-electron chi connectivity index (χ4n) is 4.75. The van der Waals surface area contributed by atoms with E-state index in [1.54, 1.807) is 12.0 Å². The Labute approximate surface area is 192 Å². The first-order valence-electron chi connectivity index (χ1n) is 10.8. The Morgan fingerprint density at radius 1 is 0.971 bits per heavy atom.